The van der Waals surface area contributed by atoms with E-state index in [4.69, 9.17) is 38.7 Å². The molecule has 1 amide bonds. The lowest BCUT2D eigenvalue weighted by Gasteiger charge is -2.28. The summed E-state index contributed by atoms with van der Waals surface area (Å²) in [5, 5.41) is 9.94. The van der Waals surface area contributed by atoms with Crippen molar-refractivity contribution < 1.29 is 19.8 Å². The molecule has 40 heavy (non-hydrogen) atoms. The number of ether oxygens (including phenoxy) is 1. The van der Waals surface area contributed by atoms with E-state index in [1.54, 1.807) is 12.3 Å². The van der Waals surface area contributed by atoms with Crippen molar-refractivity contribution in [2.24, 2.45) is 5.90 Å². The van der Waals surface area contributed by atoms with E-state index in [1.165, 1.54) is 6.20 Å². The third-order valence-corrected chi connectivity index (χ3v) is 7.47. The Morgan fingerprint density at radius 1 is 1.02 bits per heavy atom. The number of nitrogens with one attached hydrogen (secondary N) is 3. The number of hydrogen-bond acceptors (Lipinski definition) is 8. The number of amides is 1. The minimum atomic E-state index is -0.436. The van der Waals surface area contributed by atoms with E-state index in [9.17, 15) is 4.79 Å². The van der Waals surface area contributed by atoms with Crippen LogP contribution in [0.15, 0.2) is 48.8 Å². The number of aromatic nitrogens is 2. The van der Waals surface area contributed by atoms with Gasteiger partial charge in [0.2, 0.25) is 0 Å². The topological polar surface area (TPSA) is 155 Å². The second-order valence-corrected chi connectivity index (χ2v) is 10.3. The number of hydrogen-bond donors (Lipinski definition) is 4. The van der Waals surface area contributed by atoms with Crippen LogP contribution in [-0.4, -0.2) is 46.7 Å². The van der Waals surface area contributed by atoms with Gasteiger partial charge in [0.1, 0.15) is 22.2 Å². The predicted molar refractivity (Wildman–Crippen MR) is 155 cm³/mol. The molecule has 5 rings (SSSR count). The fourth-order valence-electron chi connectivity index (χ4n) is 4.35. The fraction of sp³-hybridized carbons (Fsp3) is 0.393. The Morgan fingerprint density at radius 2 is 1.70 bits per heavy atom. The van der Waals surface area contributed by atoms with Crippen LogP contribution in [0.1, 0.15) is 59.0 Å². The summed E-state index contributed by atoms with van der Waals surface area (Å²) in [5.74, 6) is 5.84. The van der Waals surface area contributed by atoms with Crippen molar-refractivity contribution in [1.82, 2.24) is 25.9 Å². The largest absolute Gasteiger partial charge is 0.474 e. The van der Waals surface area contributed by atoms with Crippen LogP contribution in [0, 0.1) is 0 Å². The number of carbonyl (C=O) groups is 1. The smallest absolute Gasteiger partial charge is 0.254 e. The van der Waals surface area contributed by atoms with Crippen molar-refractivity contribution in [2.45, 2.75) is 58.0 Å². The molecule has 0 radical (unpaired) electrons. The Balaban J connectivity index is 0.00000220. The van der Waals surface area contributed by atoms with Gasteiger partial charge in [-0.3, -0.25) is 14.9 Å². The van der Waals surface area contributed by atoms with Crippen LogP contribution < -0.4 is 26.6 Å². The first-order valence-corrected chi connectivity index (χ1v) is 13.4. The van der Waals surface area contributed by atoms with E-state index in [1.807, 2.05) is 30.3 Å². The maximum absolute atomic E-state index is 12.8. The lowest BCUT2D eigenvalue weighted by Crippen LogP contribution is -2.46. The van der Waals surface area contributed by atoms with E-state index < -0.39 is 6.10 Å². The Hall–Kier alpha value is -2.83. The van der Waals surface area contributed by atoms with E-state index in [0.717, 1.165) is 54.6 Å². The van der Waals surface area contributed by atoms with E-state index in [-0.39, 0.29) is 35.8 Å². The average Bonchev–Trinajstić information content (AvgIpc) is 2.88. The van der Waals surface area contributed by atoms with Gasteiger partial charge in [0.05, 0.1) is 11.8 Å². The zero-order valence-electron chi connectivity index (χ0n) is 21.3. The monoisotopic (exact) mass is 590 g/mol. The van der Waals surface area contributed by atoms with Crippen LogP contribution in [0.2, 0.25) is 10.3 Å². The highest BCUT2D eigenvalue weighted by atomic mass is 35.5. The molecule has 7 N–H and O–H groups in total. The predicted octanol–water partition coefficient (Wildman–Crippen LogP) is 3.30. The first-order chi connectivity index (χ1) is 18.5. The number of nitrogens with two attached hydrogens (primary N) is 1. The first-order valence-electron chi connectivity index (χ1n) is 12.6. The molecule has 2 aromatic heterocycles. The Labute approximate surface area is 244 Å². The van der Waals surface area contributed by atoms with Gasteiger partial charge in [-0.2, -0.15) is 0 Å². The van der Waals surface area contributed by atoms with E-state index >= 15 is 0 Å². The zero-order chi connectivity index (χ0) is 26.5. The van der Waals surface area contributed by atoms with Crippen molar-refractivity contribution in [1.29, 1.82) is 0 Å². The Bertz CT molecular complexity index is 1270. The molecule has 3 unspecified atom stereocenters. The van der Waals surface area contributed by atoms with Crippen LogP contribution >= 0.6 is 23.2 Å². The molecule has 1 aromatic carbocycles. The molecule has 2 fully saturated rings. The second kappa shape index (κ2) is 14.7. The maximum Gasteiger partial charge on any atom is 0.254 e. The summed E-state index contributed by atoms with van der Waals surface area (Å²) in [5.41, 5.74) is 4.08. The number of rotatable bonds is 11. The van der Waals surface area contributed by atoms with Gasteiger partial charge in [-0.25, -0.2) is 15.9 Å². The lowest BCUT2D eigenvalue weighted by atomic mass is 9.96. The number of carbonyl (C=O) groups excluding carboxylic acids is 1. The molecular formula is C28H36Cl2N6O4. The van der Waals surface area contributed by atoms with Gasteiger partial charge in [-0.15, -0.1) is 0 Å². The molecule has 3 atom stereocenters. The lowest BCUT2D eigenvalue weighted by molar-refractivity contribution is 0.0527. The molecule has 216 valence electrons. The molecule has 10 nitrogen and oxygen atoms in total. The molecular weight excluding hydrogens is 555 g/mol. The van der Waals surface area contributed by atoms with Gasteiger partial charge in [0, 0.05) is 43.7 Å². The minimum absolute atomic E-state index is 0. The van der Waals surface area contributed by atoms with Crippen molar-refractivity contribution in [3.05, 3.63) is 86.9 Å². The van der Waals surface area contributed by atoms with Crippen LogP contribution in [0.3, 0.4) is 0 Å². The van der Waals surface area contributed by atoms with Crippen LogP contribution in [0.5, 0.6) is 5.75 Å². The van der Waals surface area contributed by atoms with Gasteiger partial charge in [-0.1, -0.05) is 54.9 Å². The molecule has 0 bridgehead atoms. The van der Waals surface area contributed by atoms with Crippen molar-refractivity contribution in [3.8, 4) is 5.75 Å². The highest BCUT2D eigenvalue weighted by Crippen LogP contribution is 2.28. The standard InChI is InChI=1S/C27H30Cl2N6O3.CH4.H2O/c28-25-21(10-18(14-33-25)9-19-5-7-31-19)23(38-30)11-16-1-3-17(4-2-16)13-35-27(36)22-12-20(15-34-26(22)29)37-24-6-8-32-24;;/h1-4,10,12,14-15,19,23-24,31-32H,5-9,11,13,30H2,(H,35,36);1H4;1H2. The molecule has 12 heteroatoms. The maximum atomic E-state index is 12.8. The summed E-state index contributed by atoms with van der Waals surface area (Å²) in [6.07, 6.45) is 6.32. The highest BCUT2D eigenvalue weighted by Gasteiger charge is 2.22. The van der Waals surface area contributed by atoms with Gasteiger partial charge in [0.15, 0.2) is 6.23 Å². The number of benzene rings is 1. The average molecular weight is 592 g/mol. The zero-order valence-corrected chi connectivity index (χ0v) is 22.8. The molecule has 2 aliphatic rings. The molecule has 2 saturated heterocycles. The van der Waals surface area contributed by atoms with Crippen molar-refractivity contribution in [3.63, 3.8) is 0 Å². The van der Waals surface area contributed by atoms with Gasteiger partial charge < -0.3 is 20.8 Å². The third-order valence-electron chi connectivity index (χ3n) is 6.85. The van der Waals surface area contributed by atoms with Gasteiger partial charge in [0.25, 0.3) is 5.91 Å². The second-order valence-electron chi connectivity index (χ2n) is 9.55. The minimum Gasteiger partial charge on any atom is -0.474 e. The molecule has 3 aromatic rings. The summed E-state index contributed by atoms with van der Waals surface area (Å²) >= 11 is 12.6. The normalized spacial score (nSPS) is 18.3. The number of pyridine rings is 2. The van der Waals surface area contributed by atoms with Crippen molar-refractivity contribution >= 4 is 29.1 Å². The number of halogens is 2. The fourth-order valence-corrected chi connectivity index (χ4v) is 4.77. The summed E-state index contributed by atoms with van der Waals surface area (Å²) < 4.78 is 5.74. The van der Waals surface area contributed by atoms with E-state index in [0.29, 0.717) is 29.9 Å². The van der Waals surface area contributed by atoms with Crippen molar-refractivity contribution in [2.75, 3.05) is 13.1 Å². The van der Waals surface area contributed by atoms with Crippen LogP contribution in [0.25, 0.3) is 0 Å². The molecule has 2 aliphatic heterocycles. The molecule has 0 saturated carbocycles. The molecule has 0 spiro atoms. The first kappa shape index (κ1) is 31.7. The quantitative estimate of drug-likeness (QED) is 0.196. The molecule has 4 heterocycles. The summed E-state index contributed by atoms with van der Waals surface area (Å²) in [7, 11) is 0. The summed E-state index contributed by atoms with van der Waals surface area (Å²) in [6, 6.07) is 12.0. The third kappa shape index (κ3) is 7.88. The highest BCUT2D eigenvalue weighted by molar-refractivity contribution is 6.32. The van der Waals surface area contributed by atoms with Crippen LogP contribution in [-0.2, 0) is 24.2 Å². The van der Waals surface area contributed by atoms with Crippen LogP contribution in [0.4, 0.5) is 0 Å². The molecule has 0 aliphatic carbocycles. The van der Waals surface area contributed by atoms with E-state index in [2.05, 4.69) is 25.9 Å². The summed E-state index contributed by atoms with van der Waals surface area (Å²) in [6.45, 7) is 2.29. The SMILES string of the molecule is C.NOC(Cc1ccc(CNC(=O)c2cc(OC3CCN3)cnc2Cl)cc1)c1cc(CC2CCN2)cnc1Cl.O. The number of nitrogens with zero attached hydrogens (tertiary/aromatic N) is 2. The summed E-state index contributed by atoms with van der Waals surface area (Å²) in [4.78, 5) is 26.5. The van der Waals surface area contributed by atoms with Gasteiger partial charge >= 0.3 is 0 Å². The Morgan fingerprint density at radius 3 is 2.33 bits per heavy atom. The van der Waals surface area contributed by atoms with Gasteiger partial charge in [-0.05, 0) is 48.2 Å². The Kier molecular flexibility index (Phi) is 11.6.